The van der Waals surface area contributed by atoms with Crippen molar-refractivity contribution in [1.82, 2.24) is 0 Å². The molecule has 0 aromatic heterocycles. The average Bonchev–Trinajstić information content (AvgIpc) is 3.51. The van der Waals surface area contributed by atoms with Gasteiger partial charge in [0.05, 0.1) is 5.57 Å². The Hall–Kier alpha value is -3.86. The molecule has 0 saturated carbocycles. The maximum Gasteiger partial charge on any atom is 0.222 e. The molecule has 2 atom stereocenters. The van der Waals surface area contributed by atoms with Gasteiger partial charge in [-0.15, -0.1) is 0 Å². The lowest BCUT2D eigenvalue weighted by Gasteiger charge is -2.07. The fourth-order valence-electron chi connectivity index (χ4n) is 3.69. The minimum Gasteiger partial charge on any atom is -0.508 e. The van der Waals surface area contributed by atoms with Gasteiger partial charge >= 0.3 is 0 Å². The van der Waals surface area contributed by atoms with Gasteiger partial charge in [-0.25, -0.2) is 9.98 Å². The van der Waals surface area contributed by atoms with Gasteiger partial charge in [-0.2, -0.15) is 0 Å². The normalized spacial score (nSPS) is 19.7. The second-order valence-corrected chi connectivity index (χ2v) is 7.49. The van der Waals surface area contributed by atoms with Crippen LogP contribution in [-0.4, -0.2) is 30.1 Å². The number of aliphatic imine (C=N–C) groups is 2. The van der Waals surface area contributed by atoms with Crippen LogP contribution in [0.3, 0.4) is 0 Å². The minimum atomic E-state index is -0.0636. The lowest BCUT2D eigenvalue weighted by atomic mass is 10.1. The number of hydrogen-bond acceptors (Lipinski definition) is 5. The van der Waals surface area contributed by atoms with E-state index in [1.54, 1.807) is 12.1 Å². The van der Waals surface area contributed by atoms with Crippen LogP contribution in [0, 0.1) is 0 Å². The summed E-state index contributed by atoms with van der Waals surface area (Å²) < 4.78 is 12.0. The summed E-state index contributed by atoms with van der Waals surface area (Å²) in [6.07, 6.45) is 1.94. The van der Waals surface area contributed by atoms with Gasteiger partial charge in [-0.1, -0.05) is 72.8 Å². The Bertz CT molecular complexity index is 1070. The van der Waals surface area contributed by atoms with Crippen LogP contribution in [0.2, 0.25) is 0 Å². The lowest BCUT2D eigenvalue weighted by Crippen LogP contribution is -2.14. The first-order chi connectivity index (χ1) is 15.3. The highest BCUT2D eigenvalue weighted by Crippen LogP contribution is 2.30. The maximum absolute atomic E-state index is 9.62. The second kappa shape index (κ2) is 8.48. The summed E-state index contributed by atoms with van der Waals surface area (Å²) in [5.74, 6) is 1.26. The third kappa shape index (κ3) is 4.21. The van der Waals surface area contributed by atoms with Crippen molar-refractivity contribution < 1.29 is 14.6 Å². The Morgan fingerprint density at radius 2 is 1.19 bits per heavy atom. The Morgan fingerprint density at radius 3 is 1.68 bits per heavy atom. The fourth-order valence-corrected chi connectivity index (χ4v) is 3.69. The van der Waals surface area contributed by atoms with E-state index >= 15 is 0 Å². The first-order valence-electron chi connectivity index (χ1n) is 10.3. The van der Waals surface area contributed by atoms with E-state index in [9.17, 15) is 5.11 Å². The SMILES string of the molecule is Oc1ccc(C=C(C2=N[C@H](c3ccccc3)CO2)C2=N[C@H](c3ccccc3)CO2)cc1. The minimum absolute atomic E-state index is 0.0636. The number of ether oxygens (including phenoxy) is 2. The molecule has 2 aliphatic heterocycles. The van der Waals surface area contributed by atoms with E-state index in [2.05, 4.69) is 24.3 Å². The van der Waals surface area contributed by atoms with Crippen LogP contribution >= 0.6 is 0 Å². The van der Waals surface area contributed by atoms with E-state index in [1.165, 1.54) is 0 Å². The van der Waals surface area contributed by atoms with Crippen molar-refractivity contribution in [3.05, 3.63) is 107 Å². The Labute approximate surface area is 181 Å². The van der Waals surface area contributed by atoms with Crippen LogP contribution in [0.15, 0.2) is 100 Å². The Morgan fingerprint density at radius 1 is 0.710 bits per heavy atom. The van der Waals surface area contributed by atoms with Crippen LogP contribution in [-0.2, 0) is 9.47 Å². The zero-order valence-corrected chi connectivity index (χ0v) is 16.9. The molecule has 0 spiro atoms. The van der Waals surface area contributed by atoms with E-state index in [0.717, 1.165) is 16.7 Å². The standard InChI is InChI=1S/C26H22N2O3/c29-21-13-11-18(12-14-21)15-22(25-27-23(16-30-25)19-7-3-1-4-8-19)26-28-24(17-31-26)20-9-5-2-6-10-20/h1-15,23-24,29H,16-17H2/t23-,24-/m0/s1. The molecular weight excluding hydrogens is 388 g/mol. The lowest BCUT2D eigenvalue weighted by molar-refractivity contribution is 0.310. The molecule has 0 fully saturated rings. The average molecular weight is 410 g/mol. The molecule has 154 valence electrons. The molecular formula is C26H22N2O3. The third-order valence-corrected chi connectivity index (χ3v) is 5.34. The van der Waals surface area contributed by atoms with Crippen LogP contribution in [0.5, 0.6) is 5.75 Å². The van der Waals surface area contributed by atoms with Gasteiger partial charge in [-0.05, 0) is 34.9 Å². The molecule has 0 aliphatic carbocycles. The first kappa shape index (κ1) is 19.1. The summed E-state index contributed by atoms with van der Waals surface area (Å²) in [7, 11) is 0. The molecule has 0 radical (unpaired) electrons. The number of aromatic hydroxyl groups is 1. The zero-order chi connectivity index (χ0) is 21.0. The topological polar surface area (TPSA) is 63.4 Å². The molecule has 5 rings (SSSR count). The molecule has 3 aromatic carbocycles. The molecule has 0 bridgehead atoms. The molecule has 3 aromatic rings. The monoisotopic (exact) mass is 410 g/mol. The van der Waals surface area contributed by atoms with Crippen molar-refractivity contribution in [2.45, 2.75) is 12.1 Å². The predicted octanol–water partition coefficient (Wildman–Crippen LogP) is 5.12. The first-order valence-corrected chi connectivity index (χ1v) is 10.3. The second-order valence-electron chi connectivity index (χ2n) is 7.49. The summed E-state index contributed by atoms with van der Waals surface area (Å²) >= 11 is 0. The van der Waals surface area contributed by atoms with Gasteiger partial charge in [0, 0.05) is 0 Å². The van der Waals surface area contributed by atoms with Crippen LogP contribution in [0.25, 0.3) is 6.08 Å². The highest BCUT2D eigenvalue weighted by atomic mass is 16.5. The Kier molecular flexibility index (Phi) is 5.23. The largest absolute Gasteiger partial charge is 0.508 e. The molecule has 5 nitrogen and oxygen atoms in total. The number of phenols is 1. The highest BCUT2D eigenvalue weighted by molar-refractivity contribution is 6.22. The molecule has 1 N–H and O–H groups in total. The number of nitrogens with zero attached hydrogens (tertiary/aromatic N) is 2. The van der Waals surface area contributed by atoms with Gasteiger partial charge in [0.25, 0.3) is 0 Å². The molecule has 2 heterocycles. The van der Waals surface area contributed by atoms with Gasteiger partial charge in [0.15, 0.2) is 0 Å². The molecule has 2 aliphatic rings. The van der Waals surface area contributed by atoms with Crippen molar-refractivity contribution in [3.63, 3.8) is 0 Å². The molecule has 0 amide bonds. The summed E-state index contributed by atoms with van der Waals surface area (Å²) in [5.41, 5.74) is 3.83. The van der Waals surface area contributed by atoms with Gasteiger partial charge in [0.1, 0.15) is 31.0 Å². The highest BCUT2D eigenvalue weighted by Gasteiger charge is 2.30. The van der Waals surface area contributed by atoms with Gasteiger partial charge < -0.3 is 14.6 Å². The van der Waals surface area contributed by atoms with Crippen molar-refractivity contribution in [2.24, 2.45) is 9.98 Å². The maximum atomic E-state index is 9.62. The van der Waals surface area contributed by atoms with E-state index in [-0.39, 0.29) is 17.8 Å². The van der Waals surface area contributed by atoms with Crippen molar-refractivity contribution in [1.29, 1.82) is 0 Å². The van der Waals surface area contributed by atoms with Crippen molar-refractivity contribution >= 4 is 17.9 Å². The summed E-state index contributed by atoms with van der Waals surface area (Å²) in [6.45, 7) is 0.948. The number of rotatable bonds is 5. The molecule has 0 saturated heterocycles. The number of phenolic OH excluding ortho intramolecular Hbond substituents is 1. The number of hydrogen-bond donors (Lipinski definition) is 1. The van der Waals surface area contributed by atoms with Crippen molar-refractivity contribution in [2.75, 3.05) is 13.2 Å². The summed E-state index contributed by atoms with van der Waals surface area (Å²) in [4.78, 5) is 9.66. The summed E-state index contributed by atoms with van der Waals surface area (Å²) in [5, 5.41) is 9.62. The van der Waals surface area contributed by atoms with Crippen LogP contribution < -0.4 is 0 Å². The smallest absolute Gasteiger partial charge is 0.222 e. The summed E-state index contributed by atoms with van der Waals surface area (Å²) in [6, 6.07) is 27.1. The molecule has 0 unspecified atom stereocenters. The fraction of sp³-hybridized carbons (Fsp3) is 0.154. The third-order valence-electron chi connectivity index (χ3n) is 5.34. The predicted molar refractivity (Wildman–Crippen MR) is 121 cm³/mol. The van der Waals surface area contributed by atoms with Gasteiger partial charge in [0.2, 0.25) is 11.8 Å². The van der Waals surface area contributed by atoms with Crippen LogP contribution in [0.4, 0.5) is 0 Å². The molecule has 31 heavy (non-hydrogen) atoms. The van der Waals surface area contributed by atoms with E-state index in [1.807, 2.05) is 54.6 Å². The Balaban J connectivity index is 1.51. The van der Waals surface area contributed by atoms with E-state index < -0.39 is 0 Å². The van der Waals surface area contributed by atoms with E-state index in [0.29, 0.717) is 30.6 Å². The quantitative estimate of drug-likeness (QED) is 0.635. The number of benzene rings is 3. The van der Waals surface area contributed by atoms with Crippen LogP contribution in [0.1, 0.15) is 28.8 Å². The zero-order valence-electron chi connectivity index (χ0n) is 16.9. The van der Waals surface area contributed by atoms with E-state index in [4.69, 9.17) is 19.5 Å². The molecule has 5 heteroatoms. The van der Waals surface area contributed by atoms with Crippen molar-refractivity contribution in [3.8, 4) is 5.75 Å². The van der Waals surface area contributed by atoms with Gasteiger partial charge in [-0.3, -0.25) is 0 Å².